The van der Waals surface area contributed by atoms with Gasteiger partial charge in [0.2, 0.25) is 0 Å². The van der Waals surface area contributed by atoms with Crippen molar-refractivity contribution in [1.29, 1.82) is 0 Å². The molecule has 2 aliphatic heterocycles. The van der Waals surface area contributed by atoms with E-state index in [1.807, 2.05) is 11.8 Å². The van der Waals surface area contributed by atoms with Crippen molar-refractivity contribution in [2.75, 3.05) is 23.0 Å². The van der Waals surface area contributed by atoms with Crippen molar-refractivity contribution in [3.05, 3.63) is 30.1 Å². The van der Waals surface area contributed by atoms with Crippen molar-refractivity contribution in [3.8, 4) is 0 Å². The van der Waals surface area contributed by atoms with Crippen LogP contribution in [-0.2, 0) is 0 Å². The standard InChI is InChI=1S/C15H20FN3S/c1-14(2)7-15(10-20-9-14)8-18-13(17)19(15)12-5-3-11(16)4-6-12/h3-6H,7-10H2,1-2H3,(H2,17,18). The van der Waals surface area contributed by atoms with Gasteiger partial charge >= 0.3 is 0 Å². The fourth-order valence-electron chi connectivity index (χ4n) is 3.36. The zero-order chi connectivity index (χ0) is 14.4. The Kier molecular flexibility index (Phi) is 3.20. The van der Waals surface area contributed by atoms with E-state index in [1.165, 1.54) is 12.1 Å². The van der Waals surface area contributed by atoms with E-state index in [0.29, 0.717) is 5.96 Å². The number of rotatable bonds is 1. The third kappa shape index (κ3) is 2.28. The number of hydrogen-bond acceptors (Lipinski definition) is 4. The number of anilines is 1. The zero-order valence-electron chi connectivity index (χ0n) is 11.9. The van der Waals surface area contributed by atoms with Crippen molar-refractivity contribution < 1.29 is 4.39 Å². The van der Waals surface area contributed by atoms with Gasteiger partial charge in [0, 0.05) is 11.4 Å². The fourth-order valence-corrected chi connectivity index (χ4v) is 4.82. The predicted molar refractivity (Wildman–Crippen MR) is 83.8 cm³/mol. The van der Waals surface area contributed by atoms with Crippen molar-refractivity contribution in [2.45, 2.75) is 25.8 Å². The molecule has 0 aromatic heterocycles. The molecule has 2 heterocycles. The van der Waals surface area contributed by atoms with E-state index in [0.717, 1.165) is 30.2 Å². The van der Waals surface area contributed by atoms with Gasteiger partial charge in [0.1, 0.15) is 5.82 Å². The first-order valence-electron chi connectivity index (χ1n) is 6.85. The molecule has 1 fully saturated rings. The van der Waals surface area contributed by atoms with Gasteiger partial charge in [0.15, 0.2) is 5.96 Å². The van der Waals surface area contributed by atoms with Crippen LogP contribution in [0.3, 0.4) is 0 Å². The van der Waals surface area contributed by atoms with Gasteiger partial charge in [-0.15, -0.1) is 0 Å². The molecule has 2 aliphatic rings. The van der Waals surface area contributed by atoms with E-state index in [1.54, 1.807) is 12.1 Å². The molecule has 1 aromatic rings. The number of thioether (sulfide) groups is 1. The van der Waals surface area contributed by atoms with Gasteiger partial charge < -0.3 is 10.6 Å². The van der Waals surface area contributed by atoms with E-state index >= 15 is 0 Å². The summed E-state index contributed by atoms with van der Waals surface area (Å²) in [4.78, 5) is 6.58. The highest BCUT2D eigenvalue weighted by Gasteiger charge is 2.48. The summed E-state index contributed by atoms with van der Waals surface area (Å²) in [6, 6.07) is 6.54. The highest BCUT2D eigenvalue weighted by atomic mass is 32.2. The van der Waals surface area contributed by atoms with Crippen LogP contribution >= 0.6 is 11.8 Å². The van der Waals surface area contributed by atoms with E-state index in [-0.39, 0.29) is 16.8 Å². The monoisotopic (exact) mass is 293 g/mol. The molecule has 3 rings (SSSR count). The largest absolute Gasteiger partial charge is 0.369 e. The number of benzene rings is 1. The molecule has 20 heavy (non-hydrogen) atoms. The summed E-state index contributed by atoms with van der Waals surface area (Å²) < 4.78 is 13.1. The van der Waals surface area contributed by atoms with Gasteiger partial charge in [0.25, 0.3) is 0 Å². The molecule has 0 aliphatic carbocycles. The molecule has 5 heteroatoms. The molecule has 3 nitrogen and oxygen atoms in total. The zero-order valence-corrected chi connectivity index (χ0v) is 12.7. The Morgan fingerprint density at radius 1 is 1.25 bits per heavy atom. The third-order valence-electron chi connectivity index (χ3n) is 3.99. The number of nitrogens with two attached hydrogens (primary N) is 1. The second kappa shape index (κ2) is 4.65. The minimum atomic E-state index is -0.226. The van der Waals surface area contributed by atoms with Crippen LogP contribution in [0.4, 0.5) is 10.1 Å². The van der Waals surface area contributed by atoms with Crippen LogP contribution in [0.2, 0.25) is 0 Å². The number of halogens is 1. The molecule has 1 unspecified atom stereocenters. The highest BCUT2D eigenvalue weighted by Crippen LogP contribution is 2.45. The first-order valence-corrected chi connectivity index (χ1v) is 8.01. The van der Waals surface area contributed by atoms with E-state index in [4.69, 9.17) is 5.73 Å². The van der Waals surface area contributed by atoms with Gasteiger partial charge in [-0.1, -0.05) is 13.8 Å². The number of nitrogens with zero attached hydrogens (tertiary/aromatic N) is 2. The molecule has 108 valence electrons. The summed E-state index contributed by atoms with van der Waals surface area (Å²) in [7, 11) is 0. The maximum atomic E-state index is 13.1. The van der Waals surface area contributed by atoms with E-state index in [9.17, 15) is 4.39 Å². The van der Waals surface area contributed by atoms with Crippen LogP contribution in [0.5, 0.6) is 0 Å². The Labute approximate surface area is 123 Å². The Morgan fingerprint density at radius 2 is 1.95 bits per heavy atom. The second-order valence-electron chi connectivity index (χ2n) is 6.54. The predicted octanol–water partition coefficient (Wildman–Crippen LogP) is 2.86. The lowest BCUT2D eigenvalue weighted by Crippen LogP contribution is -2.58. The summed E-state index contributed by atoms with van der Waals surface area (Å²) in [5.41, 5.74) is 7.25. The first-order chi connectivity index (χ1) is 9.42. The molecule has 0 radical (unpaired) electrons. The molecule has 1 saturated heterocycles. The van der Waals surface area contributed by atoms with Gasteiger partial charge in [-0.3, -0.25) is 4.99 Å². The Hall–Kier alpha value is -1.23. The summed E-state index contributed by atoms with van der Waals surface area (Å²) >= 11 is 1.96. The minimum absolute atomic E-state index is 0.0612. The fraction of sp³-hybridized carbons (Fsp3) is 0.533. The average molecular weight is 293 g/mol. The number of guanidine groups is 1. The van der Waals surface area contributed by atoms with Crippen LogP contribution in [0, 0.1) is 11.2 Å². The highest BCUT2D eigenvalue weighted by molar-refractivity contribution is 7.99. The normalized spacial score (nSPS) is 28.8. The molecule has 1 aromatic carbocycles. The Bertz CT molecular complexity index is 541. The molecular formula is C15H20FN3S. The second-order valence-corrected chi connectivity index (χ2v) is 7.53. The molecule has 0 saturated carbocycles. The quantitative estimate of drug-likeness (QED) is 0.865. The van der Waals surface area contributed by atoms with Gasteiger partial charge in [-0.2, -0.15) is 11.8 Å². The lowest BCUT2D eigenvalue weighted by atomic mass is 9.79. The first kappa shape index (κ1) is 13.7. The topological polar surface area (TPSA) is 41.6 Å². The molecular weight excluding hydrogens is 273 g/mol. The maximum Gasteiger partial charge on any atom is 0.196 e. The van der Waals surface area contributed by atoms with E-state index < -0.39 is 0 Å². The number of aliphatic imine (C=N–C) groups is 1. The molecule has 1 atom stereocenters. The summed E-state index contributed by atoms with van der Waals surface area (Å²) in [5, 5.41) is 0. The van der Waals surface area contributed by atoms with Gasteiger partial charge in [0.05, 0.1) is 12.1 Å². The molecule has 0 amide bonds. The number of hydrogen-bond donors (Lipinski definition) is 1. The lowest BCUT2D eigenvalue weighted by Gasteiger charge is -2.47. The summed E-state index contributed by atoms with van der Waals surface area (Å²) in [5.74, 6) is 2.50. The van der Waals surface area contributed by atoms with Crippen LogP contribution in [0.1, 0.15) is 20.3 Å². The molecule has 1 spiro atoms. The lowest BCUT2D eigenvalue weighted by molar-refractivity contribution is 0.282. The van der Waals surface area contributed by atoms with Crippen LogP contribution in [0.15, 0.2) is 29.3 Å². The average Bonchev–Trinajstić information content (AvgIpc) is 2.66. The van der Waals surface area contributed by atoms with Crippen molar-refractivity contribution in [3.63, 3.8) is 0 Å². The van der Waals surface area contributed by atoms with Crippen LogP contribution < -0.4 is 10.6 Å². The Balaban J connectivity index is 1.97. The van der Waals surface area contributed by atoms with E-state index in [2.05, 4.69) is 23.7 Å². The Morgan fingerprint density at radius 3 is 2.60 bits per heavy atom. The van der Waals surface area contributed by atoms with Crippen molar-refractivity contribution in [2.24, 2.45) is 16.1 Å². The summed E-state index contributed by atoms with van der Waals surface area (Å²) in [6.07, 6.45) is 1.05. The molecule has 0 bridgehead atoms. The molecule has 2 N–H and O–H groups in total. The SMILES string of the molecule is CC1(C)CSCC2(CN=C(N)N2c2ccc(F)cc2)C1. The third-order valence-corrected chi connectivity index (χ3v) is 5.72. The maximum absolute atomic E-state index is 13.1. The van der Waals surface area contributed by atoms with Crippen LogP contribution in [0.25, 0.3) is 0 Å². The summed E-state index contributed by atoms with van der Waals surface area (Å²) in [6.45, 7) is 5.31. The van der Waals surface area contributed by atoms with Crippen molar-refractivity contribution >= 4 is 23.4 Å². The minimum Gasteiger partial charge on any atom is -0.369 e. The smallest absolute Gasteiger partial charge is 0.196 e. The van der Waals surface area contributed by atoms with Gasteiger partial charge in [-0.25, -0.2) is 4.39 Å². The van der Waals surface area contributed by atoms with Crippen LogP contribution in [-0.4, -0.2) is 29.5 Å². The van der Waals surface area contributed by atoms with Crippen molar-refractivity contribution in [1.82, 2.24) is 0 Å². The van der Waals surface area contributed by atoms with Gasteiger partial charge in [-0.05, 0) is 41.9 Å².